The summed E-state index contributed by atoms with van der Waals surface area (Å²) in [7, 11) is 0. The van der Waals surface area contributed by atoms with E-state index in [1.54, 1.807) is 0 Å². The molecule has 0 aliphatic rings. The second-order valence-electron chi connectivity index (χ2n) is 4.70. The number of hydrogen-bond acceptors (Lipinski definition) is 2. The molecule has 0 saturated heterocycles. The van der Waals surface area contributed by atoms with Crippen LogP contribution < -0.4 is 0 Å². The molecule has 0 aliphatic heterocycles. The van der Waals surface area contributed by atoms with Crippen LogP contribution in [0.2, 0.25) is 0 Å². The van der Waals surface area contributed by atoms with Gasteiger partial charge in [-0.2, -0.15) is 13.2 Å². The number of carbonyl (C=O) groups is 1. The van der Waals surface area contributed by atoms with E-state index in [1.807, 2.05) is 32.9 Å². The summed E-state index contributed by atoms with van der Waals surface area (Å²) in [5.41, 5.74) is 3.91. The lowest BCUT2D eigenvalue weighted by Gasteiger charge is -2.11. The SMILES string of the molecule is Cc1cc(C)c(CC(=O)COCC(F)(F)F)c(C)c1. The van der Waals surface area contributed by atoms with Crippen LogP contribution in [0.4, 0.5) is 13.2 Å². The Bertz CT molecular complexity index is 441. The van der Waals surface area contributed by atoms with Crippen LogP contribution in [0.3, 0.4) is 0 Å². The molecule has 1 aromatic rings. The third kappa shape index (κ3) is 5.42. The Kier molecular flexibility index (Phi) is 5.11. The van der Waals surface area contributed by atoms with E-state index in [0.717, 1.165) is 22.3 Å². The fraction of sp³-hybridized carbons (Fsp3) is 0.500. The van der Waals surface area contributed by atoms with Crippen molar-refractivity contribution in [3.05, 3.63) is 34.4 Å². The molecule has 2 nitrogen and oxygen atoms in total. The highest BCUT2D eigenvalue weighted by Gasteiger charge is 2.27. The van der Waals surface area contributed by atoms with Crippen LogP contribution in [-0.4, -0.2) is 25.2 Å². The van der Waals surface area contributed by atoms with Gasteiger partial charge in [0.25, 0.3) is 0 Å². The second-order valence-corrected chi connectivity index (χ2v) is 4.70. The van der Waals surface area contributed by atoms with Gasteiger partial charge < -0.3 is 4.74 Å². The molecule has 1 rings (SSSR count). The molecule has 0 N–H and O–H groups in total. The average Bonchev–Trinajstić information content (AvgIpc) is 2.21. The lowest BCUT2D eigenvalue weighted by Crippen LogP contribution is -2.21. The monoisotopic (exact) mass is 274 g/mol. The molecule has 19 heavy (non-hydrogen) atoms. The molecule has 0 fully saturated rings. The summed E-state index contributed by atoms with van der Waals surface area (Å²) in [5, 5.41) is 0. The van der Waals surface area contributed by atoms with Gasteiger partial charge in [0.15, 0.2) is 5.78 Å². The van der Waals surface area contributed by atoms with E-state index in [0.29, 0.717) is 0 Å². The number of rotatable bonds is 5. The number of ether oxygens (including phenoxy) is 1. The van der Waals surface area contributed by atoms with Crippen LogP contribution in [-0.2, 0) is 16.0 Å². The zero-order chi connectivity index (χ0) is 14.6. The van der Waals surface area contributed by atoms with Gasteiger partial charge in [0.05, 0.1) is 0 Å². The van der Waals surface area contributed by atoms with Crippen LogP contribution in [0.15, 0.2) is 12.1 Å². The van der Waals surface area contributed by atoms with Crippen LogP contribution in [0.25, 0.3) is 0 Å². The zero-order valence-corrected chi connectivity index (χ0v) is 11.2. The van der Waals surface area contributed by atoms with Crippen molar-refractivity contribution >= 4 is 5.78 Å². The first-order chi connectivity index (χ1) is 8.69. The van der Waals surface area contributed by atoms with Crippen molar-refractivity contribution in [2.45, 2.75) is 33.4 Å². The minimum absolute atomic E-state index is 0.107. The number of halogens is 3. The molecule has 0 saturated carbocycles. The van der Waals surface area contributed by atoms with E-state index in [-0.39, 0.29) is 12.2 Å². The molecule has 0 amide bonds. The molecule has 0 heterocycles. The fourth-order valence-electron chi connectivity index (χ4n) is 2.02. The van der Waals surface area contributed by atoms with Gasteiger partial charge >= 0.3 is 6.18 Å². The largest absolute Gasteiger partial charge is 0.411 e. The van der Waals surface area contributed by atoms with Gasteiger partial charge in [0, 0.05) is 6.42 Å². The van der Waals surface area contributed by atoms with E-state index in [9.17, 15) is 18.0 Å². The third-order valence-corrected chi connectivity index (χ3v) is 2.74. The van der Waals surface area contributed by atoms with Gasteiger partial charge in [-0.15, -0.1) is 0 Å². The number of benzene rings is 1. The summed E-state index contributed by atoms with van der Waals surface area (Å²) in [4.78, 5) is 11.6. The lowest BCUT2D eigenvalue weighted by atomic mass is 9.96. The maximum absolute atomic E-state index is 11.9. The summed E-state index contributed by atoms with van der Waals surface area (Å²) >= 11 is 0. The molecular formula is C14H17F3O2. The van der Waals surface area contributed by atoms with Crippen LogP contribution in [0.5, 0.6) is 0 Å². The average molecular weight is 274 g/mol. The van der Waals surface area contributed by atoms with E-state index < -0.39 is 19.4 Å². The predicted octanol–water partition coefficient (Wildman–Crippen LogP) is 3.30. The van der Waals surface area contributed by atoms with E-state index in [2.05, 4.69) is 4.74 Å². The van der Waals surface area contributed by atoms with Crippen molar-refractivity contribution in [2.24, 2.45) is 0 Å². The number of hydrogen-bond donors (Lipinski definition) is 0. The topological polar surface area (TPSA) is 26.3 Å². The Balaban J connectivity index is 2.58. The Morgan fingerprint density at radius 2 is 1.68 bits per heavy atom. The molecule has 0 unspecified atom stereocenters. The van der Waals surface area contributed by atoms with Gasteiger partial charge in [-0.05, 0) is 37.5 Å². The van der Waals surface area contributed by atoms with Crippen molar-refractivity contribution in [2.75, 3.05) is 13.2 Å². The first-order valence-corrected chi connectivity index (χ1v) is 5.92. The van der Waals surface area contributed by atoms with Crippen molar-refractivity contribution in [1.29, 1.82) is 0 Å². The minimum Gasteiger partial charge on any atom is -0.364 e. The molecule has 106 valence electrons. The highest BCUT2D eigenvalue weighted by atomic mass is 19.4. The normalized spacial score (nSPS) is 11.7. The minimum atomic E-state index is -4.39. The molecule has 0 atom stereocenters. The molecule has 0 aromatic heterocycles. The molecule has 5 heteroatoms. The quantitative estimate of drug-likeness (QED) is 0.823. The highest BCUT2D eigenvalue weighted by Crippen LogP contribution is 2.18. The van der Waals surface area contributed by atoms with Gasteiger partial charge in [-0.3, -0.25) is 4.79 Å². The van der Waals surface area contributed by atoms with E-state index >= 15 is 0 Å². The number of alkyl halides is 3. The molecule has 0 spiro atoms. The summed E-state index contributed by atoms with van der Waals surface area (Å²) in [6.07, 6.45) is -4.29. The Labute approximate surface area is 110 Å². The molecule has 0 radical (unpaired) electrons. The standard InChI is InChI=1S/C14H17F3O2/c1-9-4-10(2)13(11(3)5-9)6-12(18)7-19-8-14(15,16)17/h4-5H,6-8H2,1-3H3. The second kappa shape index (κ2) is 6.19. The Hall–Kier alpha value is -1.36. The van der Waals surface area contributed by atoms with Gasteiger partial charge in [-0.25, -0.2) is 0 Å². The fourth-order valence-corrected chi connectivity index (χ4v) is 2.02. The Morgan fingerprint density at radius 3 is 2.16 bits per heavy atom. The van der Waals surface area contributed by atoms with Gasteiger partial charge in [-0.1, -0.05) is 17.7 Å². The Morgan fingerprint density at radius 1 is 1.16 bits per heavy atom. The summed E-state index contributed by atoms with van der Waals surface area (Å²) in [6, 6.07) is 3.90. The van der Waals surface area contributed by atoms with Gasteiger partial charge in [0.1, 0.15) is 13.2 Å². The first-order valence-electron chi connectivity index (χ1n) is 5.92. The first kappa shape index (κ1) is 15.7. The maximum atomic E-state index is 11.9. The maximum Gasteiger partial charge on any atom is 0.411 e. The smallest absolute Gasteiger partial charge is 0.364 e. The third-order valence-electron chi connectivity index (χ3n) is 2.74. The molecule has 1 aromatic carbocycles. The number of aryl methyl sites for hydroxylation is 3. The van der Waals surface area contributed by atoms with Crippen LogP contribution in [0, 0.1) is 20.8 Å². The number of ketones is 1. The van der Waals surface area contributed by atoms with E-state index in [4.69, 9.17) is 0 Å². The van der Waals surface area contributed by atoms with Crippen molar-refractivity contribution in [1.82, 2.24) is 0 Å². The summed E-state index contributed by atoms with van der Waals surface area (Å²) in [5.74, 6) is -0.348. The molecule has 0 aliphatic carbocycles. The van der Waals surface area contributed by atoms with Crippen molar-refractivity contribution < 1.29 is 22.7 Å². The van der Waals surface area contributed by atoms with E-state index in [1.165, 1.54) is 0 Å². The molecule has 0 bridgehead atoms. The molecular weight excluding hydrogens is 257 g/mol. The number of Topliss-reactive ketones (excluding diaryl/α,β-unsaturated/α-hetero) is 1. The summed E-state index contributed by atoms with van der Waals surface area (Å²) < 4.78 is 40.0. The zero-order valence-electron chi connectivity index (χ0n) is 11.2. The highest BCUT2D eigenvalue weighted by molar-refractivity contribution is 5.82. The van der Waals surface area contributed by atoms with Gasteiger partial charge in [0.2, 0.25) is 0 Å². The predicted molar refractivity (Wildman–Crippen MR) is 66.2 cm³/mol. The lowest BCUT2D eigenvalue weighted by molar-refractivity contribution is -0.175. The van der Waals surface area contributed by atoms with Crippen LogP contribution >= 0.6 is 0 Å². The van der Waals surface area contributed by atoms with Crippen molar-refractivity contribution in [3.63, 3.8) is 0 Å². The van der Waals surface area contributed by atoms with Crippen LogP contribution in [0.1, 0.15) is 22.3 Å². The van der Waals surface area contributed by atoms with Crippen molar-refractivity contribution in [3.8, 4) is 0 Å². The number of carbonyl (C=O) groups excluding carboxylic acids is 1. The summed E-state index contributed by atoms with van der Waals surface area (Å²) in [6.45, 7) is 3.84.